The maximum Gasteiger partial charge on any atom is 0.234 e. The summed E-state index contributed by atoms with van der Waals surface area (Å²) in [7, 11) is 0. The molecule has 29 heavy (non-hydrogen) atoms. The number of piperazine rings is 1. The Morgan fingerprint density at radius 1 is 1.00 bits per heavy atom. The molecule has 1 amide bonds. The van der Waals surface area contributed by atoms with Gasteiger partial charge in [-0.2, -0.15) is 0 Å². The van der Waals surface area contributed by atoms with Crippen LogP contribution < -0.4 is 14.8 Å². The van der Waals surface area contributed by atoms with Gasteiger partial charge in [-0.3, -0.25) is 19.6 Å². The summed E-state index contributed by atoms with van der Waals surface area (Å²) in [5.74, 6) is 1.64. The van der Waals surface area contributed by atoms with Crippen molar-refractivity contribution in [2.45, 2.75) is 13.5 Å². The average molecular weight is 399 g/mol. The number of carbonyl (C=O) groups excluding carboxylic acids is 1. The number of carbonyl (C=O) groups is 1. The summed E-state index contributed by atoms with van der Waals surface area (Å²) in [6.45, 7) is 8.51. The first-order valence-electron chi connectivity index (χ1n) is 10.2. The molecule has 7 heteroatoms. The lowest BCUT2D eigenvalue weighted by Gasteiger charge is -2.34. The zero-order valence-electron chi connectivity index (χ0n) is 17.0. The van der Waals surface area contributed by atoms with Crippen molar-refractivity contribution >= 4 is 5.91 Å². The molecule has 0 bridgehead atoms. The van der Waals surface area contributed by atoms with Gasteiger partial charge in [-0.05, 0) is 43.3 Å². The minimum absolute atomic E-state index is 0.0402. The minimum Gasteiger partial charge on any atom is -0.494 e. The molecule has 1 aromatic heterocycles. The Morgan fingerprint density at radius 2 is 1.69 bits per heavy atom. The molecule has 7 nitrogen and oxygen atoms in total. The van der Waals surface area contributed by atoms with E-state index in [-0.39, 0.29) is 5.91 Å². The molecule has 3 rings (SSSR count). The van der Waals surface area contributed by atoms with Gasteiger partial charge in [0.05, 0.1) is 25.4 Å². The first-order chi connectivity index (χ1) is 14.2. The number of aromatic nitrogens is 1. The molecule has 0 atom stereocenters. The van der Waals surface area contributed by atoms with Crippen molar-refractivity contribution in [1.29, 1.82) is 0 Å². The Bertz CT molecular complexity index is 731. The van der Waals surface area contributed by atoms with E-state index in [1.54, 1.807) is 0 Å². The predicted octanol–water partition coefficient (Wildman–Crippen LogP) is 1.79. The van der Waals surface area contributed by atoms with Gasteiger partial charge in [0.15, 0.2) is 0 Å². The number of benzene rings is 1. The largest absolute Gasteiger partial charge is 0.494 e. The molecule has 1 saturated heterocycles. The van der Waals surface area contributed by atoms with E-state index in [2.05, 4.69) is 26.2 Å². The van der Waals surface area contributed by atoms with Crippen LogP contribution in [0.1, 0.15) is 12.6 Å². The number of pyridine rings is 1. The van der Waals surface area contributed by atoms with Gasteiger partial charge in [-0.1, -0.05) is 6.07 Å². The quantitative estimate of drug-likeness (QED) is 0.616. The monoisotopic (exact) mass is 398 g/mol. The van der Waals surface area contributed by atoms with Gasteiger partial charge in [0.1, 0.15) is 18.1 Å². The van der Waals surface area contributed by atoms with E-state index < -0.39 is 0 Å². The first kappa shape index (κ1) is 21.1. The van der Waals surface area contributed by atoms with Crippen molar-refractivity contribution in [2.75, 3.05) is 52.5 Å². The molecule has 2 heterocycles. The zero-order chi connectivity index (χ0) is 20.3. The van der Waals surface area contributed by atoms with E-state index in [1.165, 1.54) is 0 Å². The highest BCUT2D eigenvalue weighted by Gasteiger charge is 2.19. The van der Waals surface area contributed by atoms with Crippen LogP contribution in [-0.2, 0) is 11.3 Å². The molecule has 1 aliphatic heterocycles. The molecule has 0 radical (unpaired) electrons. The fourth-order valence-electron chi connectivity index (χ4n) is 3.24. The lowest BCUT2D eigenvalue weighted by atomic mass is 10.2. The molecular formula is C22H30N4O3. The van der Waals surface area contributed by atoms with Gasteiger partial charge < -0.3 is 14.8 Å². The maximum atomic E-state index is 12.2. The van der Waals surface area contributed by atoms with Crippen LogP contribution in [0.15, 0.2) is 48.7 Å². The number of rotatable bonds is 10. The second-order valence-corrected chi connectivity index (χ2v) is 6.98. The van der Waals surface area contributed by atoms with E-state index in [0.717, 1.165) is 49.9 Å². The summed E-state index contributed by atoms with van der Waals surface area (Å²) in [4.78, 5) is 21.1. The molecule has 1 fully saturated rings. The van der Waals surface area contributed by atoms with Crippen LogP contribution in [0.5, 0.6) is 11.5 Å². The van der Waals surface area contributed by atoms with Crippen molar-refractivity contribution in [3.05, 3.63) is 54.4 Å². The Labute approximate surface area is 172 Å². The van der Waals surface area contributed by atoms with E-state index in [0.29, 0.717) is 26.3 Å². The van der Waals surface area contributed by atoms with Crippen LogP contribution in [0.3, 0.4) is 0 Å². The third-order valence-electron chi connectivity index (χ3n) is 4.77. The summed E-state index contributed by atoms with van der Waals surface area (Å²) in [5.41, 5.74) is 1.09. The molecule has 2 aromatic rings. The highest BCUT2D eigenvalue weighted by atomic mass is 16.5. The van der Waals surface area contributed by atoms with Gasteiger partial charge >= 0.3 is 0 Å². The first-order valence-corrected chi connectivity index (χ1v) is 10.2. The van der Waals surface area contributed by atoms with Crippen LogP contribution in [0.2, 0.25) is 0 Å². The Morgan fingerprint density at radius 3 is 2.34 bits per heavy atom. The smallest absolute Gasteiger partial charge is 0.234 e. The molecule has 1 aromatic carbocycles. The van der Waals surface area contributed by atoms with Gasteiger partial charge in [0.25, 0.3) is 0 Å². The molecular weight excluding hydrogens is 368 g/mol. The zero-order valence-corrected chi connectivity index (χ0v) is 17.0. The number of hydrogen-bond acceptors (Lipinski definition) is 6. The van der Waals surface area contributed by atoms with E-state index in [1.807, 2.05) is 49.5 Å². The number of hydrogen-bond donors (Lipinski definition) is 1. The molecule has 1 aliphatic rings. The fraction of sp³-hybridized carbons (Fsp3) is 0.455. The third-order valence-corrected chi connectivity index (χ3v) is 4.77. The second kappa shape index (κ2) is 11.4. The Balaban J connectivity index is 1.27. The van der Waals surface area contributed by atoms with Crippen molar-refractivity contribution in [2.24, 2.45) is 0 Å². The Kier molecular flexibility index (Phi) is 8.27. The summed E-state index contributed by atoms with van der Waals surface area (Å²) in [6.07, 6.45) is 1.83. The van der Waals surface area contributed by atoms with Gasteiger partial charge in [-0.25, -0.2) is 0 Å². The van der Waals surface area contributed by atoms with Crippen molar-refractivity contribution < 1.29 is 14.3 Å². The topological polar surface area (TPSA) is 66.9 Å². The molecule has 0 aliphatic carbocycles. The Hall–Kier alpha value is -2.64. The molecule has 0 saturated carbocycles. The summed E-state index contributed by atoms with van der Waals surface area (Å²) >= 11 is 0. The summed E-state index contributed by atoms with van der Waals surface area (Å²) in [6, 6.07) is 13.5. The highest BCUT2D eigenvalue weighted by molar-refractivity contribution is 5.78. The van der Waals surface area contributed by atoms with Crippen molar-refractivity contribution in [3.8, 4) is 11.5 Å². The SMILES string of the molecule is CCOc1ccc(OCCNC(=O)CN2CCN(Cc3ccccn3)CC2)cc1. The van der Waals surface area contributed by atoms with Crippen LogP contribution in [-0.4, -0.2) is 73.2 Å². The van der Waals surface area contributed by atoms with E-state index in [9.17, 15) is 4.79 Å². The lowest BCUT2D eigenvalue weighted by molar-refractivity contribution is -0.122. The normalized spacial score (nSPS) is 15.1. The standard InChI is InChI=1S/C22H30N4O3/c1-2-28-20-6-8-21(9-7-20)29-16-11-24-22(27)18-26-14-12-25(13-15-26)17-19-5-3-4-10-23-19/h3-10H,2,11-18H2,1H3,(H,24,27). The van der Waals surface area contributed by atoms with Crippen LogP contribution in [0.25, 0.3) is 0 Å². The summed E-state index contributed by atoms with van der Waals surface area (Å²) in [5, 5.41) is 2.93. The highest BCUT2D eigenvalue weighted by Crippen LogP contribution is 2.17. The van der Waals surface area contributed by atoms with Gasteiger partial charge in [-0.15, -0.1) is 0 Å². The third kappa shape index (κ3) is 7.36. The maximum absolute atomic E-state index is 12.2. The number of nitrogens with one attached hydrogen (secondary N) is 1. The molecule has 1 N–H and O–H groups in total. The van der Waals surface area contributed by atoms with Gasteiger partial charge in [0.2, 0.25) is 5.91 Å². The van der Waals surface area contributed by atoms with Crippen molar-refractivity contribution in [3.63, 3.8) is 0 Å². The minimum atomic E-state index is 0.0402. The summed E-state index contributed by atoms with van der Waals surface area (Å²) < 4.78 is 11.1. The molecule has 0 spiro atoms. The lowest BCUT2D eigenvalue weighted by Crippen LogP contribution is -2.49. The van der Waals surface area contributed by atoms with E-state index in [4.69, 9.17) is 9.47 Å². The second-order valence-electron chi connectivity index (χ2n) is 6.98. The van der Waals surface area contributed by atoms with Crippen LogP contribution >= 0.6 is 0 Å². The number of amides is 1. The fourth-order valence-corrected chi connectivity index (χ4v) is 3.24. The van der Waals surface area contributed by atoms with Crippen molar-refractivity contribution in [1.82, 2.24) is 20.1 Å². The van der Waals surface area contributed by atoms with E-state index >= 15 is 0 Å². The molecule has 156 valence electrons. The number of nitrogens with zero attached hydrogens (tertiary/aromatic N) is 3. The van der Waals surface area contributed by atoms with Gasteiger partial charge in [0, 0.05) is 38.9 Å². The number of ether oxygens (including phenoxy) is 2. The molecule has 0 unspecified atom stereocenters. The van der Waals surface area contributed by atoms with Crippen LogP contribution in [0, 0.1) is 0 Å². The predicted molar refractivity (Wildman–Crippen MR) is 112 cm³/mol. The average Bonchev–Trinajstić information content (AvgIpc) is 2.75. The van der Waals surface area contributed by atoms with Crippen LogP contribution in [0.4, 0.5) is 0 Å².